The number of rotatable bonds is 9. The summed E-state index contributed by atoms with van der Waals surface area (Å²) in [5.41, 5.74) is 5.91. The summed E-state index contributed by atoms with van der Waals surface area (Å²) in [6, 6.07) is 27.6. The number of fused-ring (bicyclic) bond motifs is 6. The third-order valence-corrected chi connectivity index (χ3v) is 8.00. The van der Waals surface area contributed by atoms with Crippen LogP contribution in [0.1, 0.15) is 52.9 Å². The second-order valence-corrected chi connectivity index (χ2v) is 10.9. The largest absolute Gasteiger partial charge is 0.462 e. The van der Waals surface area contributed by atoms with E-state index in [1.165, 1.54) is 0 Å². The van der Waals surface area contributed by atoms with E-state index in [9.17, 15) is 9.59 Å². The third kappa shape index (κ3) is 5.01. The fourth-order valence-electron chi connectivity index (χ4n) is 5.83. The number of hydrogen-bond donors (Lipinski definition) is 1. The molecule has 1 unspecified atom stereocenters. The lowest BCUT2D eigenvalue weighted by molar-refractivity contribution is -0.138. The minimum atomic E-state index is -1.16. The van der Waals surface area contributed by atoms with Crippen LogP contribution in [0.25, 0.3) is 0 Å². The van der Waals surface area contributed by atoms with Crippen molar-refractivity contribution in [3.63, 3.8) is 0 Å². The summed E-state index contributed by atoms with van der Waals surface area (Å²) < 4.78 is 18.3. The predicted octanol–water partition coefficient (Wildman–Crippen LogP) is 7.64. The van der Waals surface area contributed by atoms with E-state index in [-0.39, 0.29) is 11.9 Å². The zero-order valence-corrected chi connectivity index (χ0v) is 24.6. The van der Waals surface area contributed by atoms with Crippen molar-refractivity contribution >= 4 is 29.0 Å². The van der Waals surface area contributed by atoms with Gasteiger partial charge in [-0.05, 0) is 75.2 Å². The van der Waals surface area contributed by atoms with Crippen LogP contribution in [0.5, 0.6) is 11.5 Å². The molecule has 2 aliphatic rings. The van der Waals surface area contributed by atoms with Gasteiger partial charge in [0.2, 0.25) is 0 Å². The van der Waals surface area contributed by atoms with Gasteiger partial charge in [0.25, 0.3) is 0 Å². The van der Waals surface area contributed by atoms with Crippen molar-refractivity contribution in [2.45, 2.75) is 32.8 Å². The quantitative estimate of drug-likeness (QED) is 0.125. The highest BCUT2D eigenvalue weighted by molar-refractivity contribution is 5.97. The number of carbonyl (C=O) groups excluding carboxylic acids is 2. The van der Waals surface area contributed by atoms with Crippen LogP contribution in [0.2, 0.25) is 0 Å². The SMILES string of the molecule is C=C(C)C(=O)OCCCN(CC)c1ccc2c(c1)Oc1cc(C)c(Nc3ccccc3)cc1C21OC(=O)c2ccccc21. The van der Waals surface area contributed by atoms with E-state index in [2.05, 4.69) is 23.7 Å². The summed E-state index contributed by atoms with van der Waals surface area (Å²) in [5, 5.41) is 3.52. The number of carbonyl (C=O) groups is 2. The van der Waals surface area contributed by atoms with Crippen molar-refractivity contribution in [3.05, 3.63) is 125 Å². The van der Waals surface area contributed by atoms with Crippen LogP contribution in [0.3, 0.4) is 0 Å². The molecule has 0 amide bonds. The van der Waals surface area contributed by atoms with Gasteiger partial charge in [0, 0.05) is 58.5 Å². The number of benzene rings is 4. The van der Waals surface area contributed by atoms with Crippen molar-refractivity contribution in [1.29, 1.82) is 0 Å². The molecule has 0 bridgehead atoms. The molecule has 4 aromatic rings. The summed E-state index contributed by atoms with van der Waals surface area (Å²) in [5.74, 6) is 0.527. The van der Waals surface area contributed by atoms with E-state index in [1.807, 2.05) is 91.9 Å². The predicted molar refractivity (Wildman–Crippen MR) is 167 cm³/mol. The normalized spacial score (nSPS) is 15.9. The molecule has 0 aliphatic carbocycles. The number of hydrogen-bond acceptors (Lipinski definition) is 7. The molecule has 4 aromatic carbocycles. The third-order valence-electron chi connectivity index (χ3n) is 8.00. The zero-order valence-electron chi connectivity index (χ0n) is 24.6. The molecule has 1 atom stereocenters. The second kappa shape index (κ2) is 11.3. The maximum Gasteiger partial charge on any atom is 0.340 e. The fourth-order valence-corrected chi connectivity index (χ4v) is 5.83. The van der Waals surface area contributed by atoms with E-state index in [0.717, 1.165) is 45.9 Å². The van der Waals surface area contributed by atoms with Crippen LogP contribution in [0.4, 0.5) is 17.1 Å². The molecule has 7 heteroatoms. The highest BCUT2D eigenvalue weighted by atomic mass is 16.6. The van der Waals surface area contributed by atoms with E-state index in [0.29, 0.717) is 42.2 Å². The topological polar surface area (TPSA) is 77.1 Å². The molecule has 218 valence electrons. The number of anilines is 3. The Kier molecular flexibility index (Phi) is 7.40. The summed E-state index contributed by atoms with van der Waals surface area (Å²) in [4.78, 5) is 27.3. The summed E-state index contributed by atoms with van der Waals surface area (Å²) in [6.45, 7) is 11.1. The number of aryl methyl sites for hydroxylation is 1. The van der Waals surface area contributed by atoms with Gasteiger partial charge in [-0.25, -0.2) is 9.59 Å². The van der Waals surface area contributed by atoms with Crippen molar-refractivity contribution < 1.29 is 23.8 Å². The van der Waals surface area contributed by atoms with Crippen LogP contribution >= 0.6 is 0 Å². The molecule has 0 aromatic heterocycles. The van der Waals surface area contributed by atoms with E-state index < -0.39 is 5.60 Å². The van der Waals surface area contributed by atoms with Gasteiger partial charge in [-0.2, -0.15) is 0 Å². The summed E-state index contributed by atoms with van der Waals surface area (Å²) >= 11 is 0. The molecule has 0 radical (unpaired) electrons. The molecule has 0 saturated heterocycles. The Bertz CT molecular complexity index is 1730. The minimum Gasteiger partial charge on any atom is -0.462 e. The van der Waals surface area contributed by atoms with Gasteiger partial charge >= 0.3 is 11.9 Å². The van der Waals surface area contributed by atoms with Crippen LogP contribution in [0.15, 0.2) is 97.1 Å². The first-order chi connectivity index (χ1) is 20.8. The maximum atomic E-state index is 13.3. The lowest BCUT2D eigenvalue weighted by Gasteiger charge is -2.38. The lowest BCUT2D eigenvalue weighted by Crippen LogP contribution is -2.33. The number of ether oxygens (including phenoxy) is 3. The monoisotopic (exact) mass is 574 g/mol. The van der Waals surface area contributed by atoms with E-state index in [1.54, 1.807) is 6.92 Å². The molecule has 6 rings (SSSR count). The first kappa shape index (κ1) is 28.1. The molecule has 1 N–H and O–H groups in total. The van der Waals surface area contributed by atoms with Crippen molar-refractivity contribution in [1.82, 2.24) is 0 Å². The average molecular weight is 575 g/mol. The van der Waals surface area contributed by atoms with Crippen LogP contribution in [0, 0.1) is 6.92 Å². The molecular weight excluding hydrogens is 540 g/mol. The molecule has 0 fully saturated rings. The molecule has 7 nitrogen and oxygen atoms in total. The first-order valence-corrected chi connectivity index (χ1v) is 14.5. The number of para-hydroxylation sites is 1. The maximum absolute atomic E-state index is 13.3. The Morgan fingerprint density at radius 1 is 0.953 bits per heavy atom. The second-order valence-electron chi connectivity index (χ2n) is 10.9. The van der Waals surface area contributed by atoms with Gasteiger partial charge in [0.15, 0.2) is 5.60 Å². The van der Waals surface area contributed by atoms with Crippen LogP contribution < -0.4 is 15.0 Å². The van der Waals surface area contributed by atoms with Crippen molar-refractivity contribution in [2.75, 3.05) is 29.9 Å². The van der Waals surface area contributed by atoms with E-state index in [4.69, 9.17) is 14.2 Å². The molecule has 1 spiro atoms. The molecular formula is C36H34N2O5. The standard InChI is InChI=1S/C36H34N2O5/c1-5-38(18-11-19-41-34(39)23(2)3)26-16-17-29-33(21-26)42-32-20-24(4)31(37-25-12-7-6-8-13-25)22-30(32)36(29)28-15-10-9-14-27(28)35(40)43-36/h6-10,12-17,20-22,37H,2,5,11,18-19H2,1,3-4H3. The Balaban J connectivity index is 1.40. The average Bonchev–Trinajstić information content (AvgIpc) is 3.30. The van der Waals surface area contributed by atoms with Gasteiger partial charge in [0.05, 0.1) is 12.2 Å². The first-order valence-electron chi connectivity index (χ1n) is 14.5. The fraction of sp³-hybridized carbons (Fsp3) is 0.222. The molecule has 0 saturated carbocycles. The van der Waals surface area contributed by atoms with Gasteiger partial charge < -0.3 is 24.4 Å². The number of esters is 2. The highest BCUT2D eigenvalue weighted by Gasteiger charge is 2.53. The zero-order chi connectivity index (χ0) is 30.1. The highest BCUT2D eigenvalue weighted by Crippen LogP contribution is 2.57. The Morgan fingerprint density at radius 3 is 2.47 bits per heavy atom. The Hall–Kier alpha value is -5.04. The van der Waals surface area contributed by atoms with Gasteiger partial charge in [-0.15, -0.1) is 0 Å². The molecule has 2 heterocycles. The summed E-state index contributed by atoms with van der Waals surface area (Å²) in [7, 11) is 0. The molecule has 2 aliphatic heterocycles. The van der Waals surface area contributed by atoms with Crippen LogP contribution in [-0.2, 0) is 19.9 Å². The van der Waals surface area contributed by atoms with Gasteiger partial charge in [0.1, 0.15) is 11.5 Å². The smallest absolute Gasteiger partial charge is 0.340 e. The number of nitrogens with zero attached hydrogens (tertiary/aromatic N) is 1. The van der Waals surface area contributed by atoms with Gasteiger partial charge in [-0.1, -0.05) is 43.0 Å². The van der Waals surface area contributed by atoms with Gasteiger partial charge in [-0.3, -0.25) is 0 Å². The minimum absolute atomic E-state index is 0.311. The Labute approximate surface area is 251 Å². The lowest BCUT2D eigenvalue weighted by atomic mass is 9.77. The molecule has 43 heavy (non-hydrogen) atoms. The van der Waals surface area contributed by atoms with Crippen molar-refractivity contribution in [3.8, 4) is 11.5 Å². The Morgan fingerprint density at radius 2 is 1.70 bits per heavy atom. The summed E-state index contributed by atoms with van der Waals surface area (Å²) in [6.07, 6.45) is 0.666. The van der Waals surface area contributed by atoms with E-state index >= 15 is 0 Å². The van der Waals surface area contributed by atoms with Crippen LogP contribution in [-0.4, -0.2) is 31.6 Å². The van der Waals surface area contributed by atoms with Crippen molar-refractivity contribution in [2.24, 2.45) is 0 Å². The number of nitrogens with one attached hydrogen (secondary N) is 1.